The third-order valence-corrected chi connectivity index (χ3v) is 6.19. The zero-order valence-electron chi connectivity index (χ0n) is 10.7. The molecule has 108 valence electrons. The van der Waals surface area contributed by atoms with E-state index < -0.39 is 0 Å². The predicted molar refractivity (Wildman–Crippen MR) is 96.3 cm³/mol. The second kappa shape index (κ2) is 7.61. The molecule has 6 heteroatoms. The van der Waals surface area contributed by atoms with Gasteiger partial charge in [-0.2, -0.15) is 0 Å². The number of hydrogen-bond donors (Lipinski definition) is 1. The maximum atomic E-state index is 6.37. The Morgan fingerprint density at radius 3 is 2.60 bits per heavy atom. The summed E-state index contributed by atoms with van der Waals surface area (Å²) in [5, 5.41) is 4.29. The Balaban J connectivity index is 2.43. The molecule has 0 aliphatic rings. The van der Waals surface area contributed by atoms with Gasteiger partial charge in [-0.15, -0.1) is 11.3 Å². The Hall–Kier alpha value is 0.420. The fourth-order valence-electron chi connectivity index (χ4n) is 1.89. The molecule has 0 spiro atoms. The third kappa shape index (κ3) is 3.99. The van der Waals surface area contributed by atoms with Gasteiger partial charge in [0, 0.05) is 18.8 Å². The molecule has 1 unspecified atom stereocenters. The molecular weight excluding hydrogens is 445 g/mol. The lowest BCUT2D eigenvalue weighted by Gasteiger charge is -2.19. The first-order valence-electron chi connectivity index (χ1n) is 6.16. The molecule has 20 heavy (non-hydrogen) atoms. The van der Waals surface area contributed by atoms with Crippen molar-refractivity contribution in [3.05, 3.63) is 53.0 Å². The van der Waals surface area contributed by atoms with E-state index in [0.29, 0.717) is 0 Å². The Kier molecular flexibility index (Phi) is 6.39. The highest BCUT2D eigenvalue weighted by atomic mass is 79.9. The molecule has 0 radical (unpaired) electrons. The molecule has 0 amide bonds. The van der Waals surface area contributed by atoms with Gasteiger partial charge >= 0.3 is 0 Å². The first kappa shape index (κ1) is 16.8. The van der Waals surface area contributed by atoms with Gasteiger partial charge in [-0.1, -0.05) is 46.1 Å². The summed E-state index contributed by atoms with van der Waals surface area (Å²) in [5.41, 5.74) is 1.06. The van der Waals surface area contributed by atoms with Crippen LogP contribution in [0.5, 0.6) is 0 Å². The summed E-state index contributed by atoms with van der Waals surface area (Å²) in [6.45, 7) is 3.06. The lowest BCUT2D eigenvalue weighted by atomic mass is 10.1. The van der Waals surface area contributed by atoms with Crippen molar-refractivity contribution >= 4 is 66.4 Å². The van der Waals surface area contributed by atoms with E-state index in [-0.39, 0.29) is 6.04 Å². The normalized spacial score (nSPS) is 12.7. The van der Waals surface area contributed by atoms with Gasteiger partial charge in [0.2, 0.25) is 0 Å². The maximum absolute atomic E-state index is 6.37. The van der Waals surface area contributed by atoms with E-state index in [1.165, 1.54) is 0 Å². The number of halogens is 4. The number of benzene rings is 1. The van der Waals surface area contributed by atoms with Crippen molar-refractivity contribution in [2.24, 2.45) is 0 Å². The van der Waals surface area contributed by atoms with Crippen LogP contribution in [0.15, 0.2) is 33.2 Å². The highest BCUT2D eigenvalue weighted by Crippen LogP contribution is 2.39. The first-order valence-corrected chi connectivity index (χ1v) is 9.31. The molecule has 1 heterocycles. The molecule has 2 rings (SSSR count). The fourth-order valence-corrected chi connectivity index (χ4v) is 4.33. The molecule has 0 aliphatic carbocycles. The predicted octanol–water partition coefficient (Wildman–Crippen LogP) is 6.67. The number of rotatable bonds is 5. The van der Waals surface area contributed by atoms with Crippen molar-refractivity contribution in [1.29, 1.82) is 0 Å². The molecule has 0 saturated heterocycles. The lowest BCUT2D eigenvalue weighted by Crippen LogP contribution is -2.22. The van der Waals surface area contributed by atoms with Gasteiger partial charge in [-0.25, -0.2) is 0 Å². The van der Waals surface area contributed by atoms with Crippen LogP contribution < -0.4 is 5.32 Å². The molecule has 1 atom stereocenters. The largest absolute Gasteiger partial charge is 0.306 e. The highest BCUT2D eigenvalue weighted by Gasteiger charge is 2.20. The minimum atomic E-state index is 0.0498. The molecule has 0 bridgehead atoms. The second-order valence-corrected chi connectivity index (χ2v) is 8.19. The van der Waals surface area contributed by atoms with Crippen molar-refractivity contribution in [1.82, 2.24) is 5.32 Å². The monoisotopic (exact) mass is 455 g/mol. The van der Waals surface area contributed by atoms with Crippen LogP contribution >= 0.6 is 66.4 Å². The smallest absolute Gasteiger partial charge is 0.107 e. The summed E-state index contributed by atoms with van der Waals surface area (Å²) in [6, 6.07) is 8.01. The van der Waals surface area contributed by atoms with Crippen LogP contribution in [0, 0.1) is 0 Å². The molecule has 1 aromatic heterocycles. The standard InChI is InChI=1S/C14H13Br2Cl2NS/c1-2-5-19-13(12-7-10(16)14(18)20-12)9-6-8(15)3-4-11(9)17/h3-4,6-7,13,19H,2,5H2,1H3. The minimum absolute atomic E-state index is 0.0498. The van der Waals surface area contributed by atoms with Crippen molar-refractivity contribution in [2.45, 2.75) is 19.4 Å². The number of hydrogen-bond acceptors (Lipinski definition) is 2. The topological polar surface area (TPSA) is 12.0 Å². The maximum Gasteiger partial charge on any atom is 0.107 e. The molecule has 1 aromatic carbocycles. The van der Waals surface area contributed by atoms with Crippen molar-refractivity contribution in [3.63, 3.8) is 0 Å². The van der Waals surface area contributed by atoms with Crippen LogP contribution in [0.2, 0.25) is 9.36 Å². The molecule has 1 nitrogen and oxygen atoms in total. The molecule has 2 aromatic rings. The Morgan fingerprint density at radius 2 is 2.00 bits per heavy atom. The SMILES string of the molecule is CCCNC(c1cc(Br)c(Cl)s1)c1cc(Br)ccc1Cl. The Bertz CT molecular complexity index is 581. The van der Waals surface area contributed by atoms with Crippen molar-refractivity contribution < 1.29 is 0 Å². The summed E-state index contributed by atoms with van der Waals surface area (Å²) in [5.74, 6) is 0. The van der Waals surface area contributed by atoms with Gasteiger partial charge in [0.05, 0.1) is 6.04 Å². The molecule has 0 aliphatic heterocycles. The lowest BCUT2D eigenvalue weighted by molar-refractivity contribution is 0.606. The second-order valence-electron chi connectivity index (χ2n) is 4.32. The number of thiophene rings is 1. The molecular formula is C14H13Br2Cl2NS. The van der Waals surface area contributed by atoms with E-state index in [1.807, 2.05) is 12.1 Å². The van der Waals surface area contributed by atoms with Crippen molar-refractivity contribution in [3.8, 4) is 0 Å². The van der Waals surface area contributed by atoms with Gasteiger partial charge in [0.25, 0.3) is 0 Å². The molecule has 0 saturated carbocycles. The fraction of sp³-hybridized carbons (Fsp3) is 0.286. The van der Waals surface area contributed by atoms with E-state index >= 15 is 0 Å². The van der Waals surface area contributed by atoms with Crippen LogP contribution in [0.3, 0.4) is 0 Å². The molecule has 0 fully saturated rings. The van der Waals surface area contributed by atoms with E-state index in [2.05, 4.69) is 56.2 Å². The Morgan fingerprint density at radius 1 is 1.25 bits per heavy atom. The number of nitrogens with one attached hydrogen (secondary N) is 1. The Labute approximate surface area is 149 Å². The summed E-state index contributed by atoms with van der Waals surface area (Å²) in [4.78, 5) is 1.15. The summed E-state index contributed by atoms with van der Waals surface area (Å²) in [6.07, 6.45) is 1.06. The summed E-state index contributed by atoms with van der Waals surface area (Å²) in [7, 11) is 0. The van der Waals surface area contributed by atoms with Gasteiger partial charge in [0.1, 0.15) is 4.34 Å². The quantitative estimate of drug-likeness (QED) is 0.528. The first-order chi connectivity index (χ1) is 9.52. The van der Waals surface area contributed by atoms with Gasteiger partial charge in [0.15, 0.2) is 0 Å². The average Bonchev–Trinajstić information content (AvgIpc) is 2.74. The van der Waals surface area contributed by atoms with Crippen molar-refractivity contribution in [2.75, 3.05) is 6.54 Å². The van der Waals surface area contributed by atoms with Crippen LogP contribution in [-0.2, 0) is 0 Å². The van der Waals surface area contributed by atoms with Gasteiger partial charge in [-0.3, -0.25) is 0 Å². The average molecular weight is 458 g/mol. The summed E-state index contributed by atoms with van der Waals surface area (Å²) >= 11 is 21.1. The van der Waals surface area contributed by atoms with Crippen LogP contribution in [0.4, 0.5) is 0 Å². The van der Waals surface area contributed by atoms with Gasteiger partial charge in [-0.05, 0) is 58.7 Å². The zero-order chi connectivity index (χ0) is 14.7. The zero-order valence-corrected chi connectivity index (χ0v) is 16.2. The van der Waals surface area contributed by atoms with E-state index in [1.54, 1.807) is 11.3 Å². The van der Waals surface area contributed by atoms with Crippen LogP contribution in [0.1, 0.15) is 29.8 Å². The minimum Gasteiger partial charge on any atom is -0.306 e. The van der Waals surface area contributed by atoms with E-state index in [4.69, 9.17) is 23.2 Å². The van der Waals surface area contributed by atoms with E-state index in [0.717, 1.165) is 41.7 Å². The highest BCUT2D eigenvalue weighted by molar-refractivity contribution is 9.10. The third-order valence-electron chi connectivity index (χ3n) is 2.82. The van der Waals surface area contributed by atoms with Crippen LogP contribution in [-0.4, -0.2) is 6.54 Å². The van der Waals surface area contributed by atoms with E-state index in [9.17, 15) is 0 Å². The van der Waals surface area contributed by atoms with Gasteiger partial charge < -0.3 is 5.32 Å². The summed E-state index contributed by atoms with van der Waals surface area (Å²) < 4.78 is 2.70. The molecule has 1 N–H and O–H groups in total. The van der Waals surface area contributed by atoms with Crippen LogP contribution in [0.25, 0.3) is 0 Å².